The molecule has 2 aromatic carbocycles. The maximum absolute atomic E-state index is 12.9. The SMILES string of the molecule is Cc1ccc(CNc2ccc(S(=O)(=O)N3CCCCCC3)cc2[N+](=O)[O-])cc1. The number of nitro groups is 1. The van der Waals surface area contributed by atoms with E-state index in [4.69, 9.17) is 0 Å². The van der Waals surface area contributed by atoms with Gasteiger partial charge in [0.05, 0.1) is 9.82 Å². The molecule has 1 fully saturated rings. The molecule has 28 heavy (non-hydrogen) atoms. The Kier molecular flexibility index (Phi) is 6.31. The molecule has 1 aliphatic heterocycles. The lowest BCUT2D eigenvalue weighted by molar-refractivity contribution is -0.384. The van der Waals surface area contributed by atoms with Crippen molar-refractivity contribution < 1.29 is 13.3 Å². The zero-order chi connectivity index (χ0) is 20.1. The van der Waals surface area contributed by atoms with E-state index in [9.17, 15) is 18.5 Å². The molecule has 0 saturated carbocycles. The summed E-state index contributed by atoms with van der Waals surface area (Å²) in [7, 11) is -3.73. The summed E-state index contributed by atoms with van der Waals surface area (Å²) in [4.78, 5) is 11.0. The number of hydrogen-bond acceptors (Lipinski definition) is 5. The summed E-state index contributed by atoms with van der Waals surface area (Å²) in [6, 6.07) is 11.9. The van der Waals surface area contributed by atoms with Crippen LogP contribution in [0.15, 0.2) is 47.4 Å². The Balaban J connectivity index is 1.84. The third-order valence-electron chi connectivity index (χ3n) is 4.97. The van der Waals surface area contributed by atoms with Gasteiger partial charge in [0.2, 0.25) is 10.0 Å². The van der Waals surface area contributed by atoms with E-state index in [1.165, 1.54) is 16.4 Å². The number of hydrogen-bond donors (Lipinski definition) is 1. The summed E-state index contributed by atoms with van der Waals surface area (Å²) in [5.74, 6) is 0. The van der Waals surface area contributed by atoms with Crippen LogP contribution in [0.1, 0.15) is 36.8 Å². The zero-order valence-electron chi connectivity index (χ0n) is 15.9. The van der Waals surface area contributed by atoms with Crippen LogP contribution in [-0.4, -0.2) is 30.7 Å². The lowest BCUT2D eigenvalue weighted by Crippen LogP contribution is -2.32. The van der Waals surface area contributed by atoms with E-state index in [2.05, 4.69) is 5.32 Å². The van der Waals surface area contributed by atoms with Crippen LogP contribution < -0.4 is 5.32 Å². The van der Waals surface area contributed by atoms with Gasteiger partial charge in [-0.05, 0) is 37.5 Å². The van der Waals surface area contributed by atoms with Crippen molar-refractivity contribution in [2.24, 2.45) is 0 Å². The Morgan fingerprint density at radius 2 is 1.68 bits per heavy atom. The highest BCUT2D eigenvalue weighted by Gasteiger charge is 2.28. The monoisotopic (exact) mass is 403 g/mol. The van der Waals surface area contributed by atoms with Crippen molar-refractivity contribution in [2.45, 2.75) is 44.0 Å². The first-order valence-electron chi connectivity index (χ1n) is 9.46. The molecule has 7 nitrogen and oxygen atoms in total. The van der Waals surface area contributed by atoms with Gasteiger partial charge in [0, 0.05) is 25.7 Å². The minimum atomic E-state index is -3.73. The Labute approximate surface area is 165 Å². The fraction of sp³-hybridized carbons (Fsp3) is 0.400. The van der Waals surface area contributed by atoms with Gasteiger partial charge in [0.1, 0.15) is 5.69 Å². The minimum Gasteiger partial charge on any atom is -0.375 e. The Bertz CT molecular complexity index is 934. The highest BCUT2D eigenvalue weighted by molar-refractivity contribution is 7.89. The van der Waals surface area contributed by atoms with Crippen LogP contribution in [0.5, 0.6) is 0 Å². The molecule has 0 atom stereocenters. The molecule has 0 aliphatic carbocycles. The number of rotatable bonds is 6. The zero-order valence-corrected chi connectivity index (χ0v) is 16.7. The van der Waals surface area contributed by atoms with Crippen LogP contribution >= 0.6 is 0 Å². The van der Waals surface area contributed by atoms with Crippen molar-refractivity contribution >= 4 is 21.4 Å². The lowest BCUT2D eigenvalue weighted by Gasteiger charge is -2.20. The fourth-order valence-corrected chi connectivity index (χ4v) is 4.84. The summed E-state index contributed by atoms with van der Waals surface area (Å²) >= 11 is 0. The highest BCUT2D eigenvalue weighted by atomic mass is 32.2. The Morgan fingerprint density at radius 1 is 1.04 bits per heavy atom. The van der Waals surface area contributed by atoms with Crippen molar-refractivity contribution in [2.75, 3.05) is 18.4 Å². The first-order valence-corrected chi connectivity index (χ1v) is 10.9. The number of nitrogens with zero attached hydrogens (tertiary/aromatic N) is 2. The Morgan fingerprint density at radius 3 is 2.29 bits per heavy atom. The van der Waals surface area contributed by atoms with Gasteiger partial charge in [-0.1, -0.05) is 42.7 Å². The smallest absolute Gasteiger partial charge is 0.293 e. The average Bonchev–Trinajstić information content (AvgIpc) is 2.97. The molecule has 0 spiro atoms. The van der Waals surface area contributed by atoms with E-state index in [1.807, 2.05) is 31.2 Å². The van der Waals surface area contributed by atoms with Crippen LogP contribution in [0.25, 0.3) is 0 Å². The molecule has 1 aliphatic rings. The molecule has 1 N–H and O–H groups in total. The van der Waals surface area contributed by atoms with E-state index >= 15 is 0 Å². The van der Waals surface area contributed by atoms with E-state index < -0.39 is 14.9 Å². The summed E-state index contributed by atoms with van der Waals surface area (Å²) in [5.41, 5.74) is 2.20. The largest absolute Gasteiger partial charge is 0.375 e. The Hall–Kier alpha value is -2.45. The molecule has 150 valence electrons. The second kappa shape index (κ2) is 8.70. The molecule has 0 aromatic heterocycles. The second-order valence-corrected chi connectivity index (χ2v) is 9.03. The van der Waals surface area contributed by atoms with E-state index in [-0.39, 0.29) is 10.6 Å². The van der Waals surface area contributed by atoms with Gasteiger partial charge >= 0.3 is 0 Å². The highest BCUT2D eigenvalue weighted by Crippen LogP contribution is 2.30. The van der Waals surface area contributed by atoms with E-state index in [0.717, 1.165) is 42.9 Å². The van der Waals surface area contributed by atoms with Gasteiger partial charge < -0.3 is 5.32 Å². The molecule has 1 saturated heterocycles. The van der Waals surface area contributed by atoms with Gasteiger partial charge in [-0.3, -0.25) is 10.1 Å². The second-order valence-electron chi connectivity index (χ2n) is 7.09. The van der Waals surface area contributed by atoms with Gasteiger partial charge in [-0.25, -0.2) is 8.42 Å². The third kappa shape index (κ3) is 4.69. The molecule has 1 heterocycles. The van der Waals surface area contributed by atoms with Crippen LogP contribution in [0, 0.1) is 17.0 Å². The number of aryl methyl sites for hydroxylation is 1. The topological polar surface area (TPSA) is 92.6 Å². The summed E-state index contributed by atoms with van der Waals surface area (Å²) < 4.78 is 27.3. The van der Waals surface area contributed by atoms with Gasteiger partial charge in [0.15, 0.2) is 0 Å². The first-order chi connectivity index (χ1) is 13.4. The average molecular weight is 404 g/mol. The molecule has 3 rings (SSSR count). The van der Waals surface area contributed by atoms with Crippen LogP contribution in [0.3, 0.4) is 0 Å². The summed E-state index contributed by atoms with van der Waals surface area (Å²) in [6.45, 7) is 3.33. The van der Waals surface area contributed by atoms with E-state index in [0.29, 0.717) is 25.3 Å². The number of benzene rings is 2. The lowest BCUT2D eigenvalue weighted by atomic mass is 10.1. The van der Waals surface area contributed by atoms with Gasteiger partial charge in [-0.2, -0.15) is 4.31 Å². The molecular weight excluding hydrogens is 378 g/mol. The molecular formula is C20H25N3O4S. The normalized spacial score (nSPS) is 15.8. The predicted octanol–water partition coefficient (Wildman–Crippen LogP) is 4.08. The van der Waals surface area contributed by atoms with Crippen molar-refractivity contribution in [3.63, 3.8) is 0 Å². The van der Waals surface area contributed by atoms with Crippen molar-refractivity contribution in [1.82, 2.24) is 4.31 Å². The predicted molar refractivity (Wildman–Crippen MR) is 109 cm³/mol. The maximum atomic E-state index is 12.9. The quantitative estimate of drug-likeness (QED) is 0.579. The number of anilines is 1. The molecule has 8 heteroatoms. The van der Waals surface area contributed by atoms with Gasteiger partial charge in [-0.15, -0.1) is 0 Å². The number of sulfonamides is 1. The summed E-state index contributed by atoms with van der Waals surface area (Å²) in [6.07, 6.45) is 3.65. The molecule has 2 aromatic rings. The number of nitro benzene ring substituents is 1. The first kappa shape index (κ1) is 20.3. The van der Waals surface area contributed by atoms with Crippen molar-refractivity contribution in [1.29, 1.82) is 0 Å². The van der Waals surface area contributed by atoms with Crippen LogP contribution in [0.2, 0.25) is 0 Å². The van der Waals surface area contributed by atoms with Crippen molar-refractivity contribution in [3.8, 4) is 0 Å². The van der Waals surface area contributed by atoms with Crippen LogP contribution in [-0.2, 0) is 16.6 Å². The van der Waals surface area contributed by atoms with E-state index in [1.54, 1.807) is 0 Å². The molecule has 0 unspecified atom stereocenters. The molecule has 0 amide bonds. The maximum Gasteiger partial charge on any atom is 0.293 e. The minimum absolute atomic E-state index is 0.0259. The molecule has 0 bridgehead atoms. The number of nitrogens with one attached hydrogen (secondary N) is 1. The third-order valence-corrected chi connectivity index (χ3v) is 6.87. The standard InChI is InChI=1S/C20H25N3O4S/c1-16-6-8-17(9-7-16)15-21-19-11-10-18(14-20(19)23(24)25)28(26,27)22-12-4-2-3-5-13-22/h6-11,14,21H,2-5,12-13,15H2,1H3. The van der Waals surface area contributed by atoms with Crippen molar-refractivity contribution in [3.05, 3.63) is 63.7 Å². The summed E-state index contributed by atoms with van der Waals surface area (Å²) in [5, 5.41) is 14.6. The molecule has 0 radical (unpaired) electrons. The van der Waals surface area contributed by atoms with Gasteiger partial charge in [0.25, 0.3) is 5.69 Å². The fourth-order valence-electron chi connectivity index (χ4n) is 3.31. The van der Waals surface area contributed by atoms with Crippen LogP contribution in [0.4, 0.5) is 11.4 Å².